The number of nitrogens with two attached hydrogens (primary N) is 1. The van der Waals surface area contributed by atoms with E-state index in [4.69, 9.17) is 5.73 Å². The second kappa shape index (κ2) is 5.21. The number of rotatable bonds is 3. The Balaban J connectivity index is 2.52. The molecule has 0 unspecified atom stereocenters. The second-order valence-corrected chi connectivity index (χ2v) is 5.09. The molecule has 0 atom stereocenters. The van der Waals surface area contributed by atoms with Crippen molar-refractivity contribution in [2.45, 2.75) is 37.5 Å². The van der Waals surface area contributed by atoms with E-state index in [0.717, 1.165) is 44.2 Å². The van der Waals surface area contributed by atoms with E-state index in [1.807, 2.05) is 0 Å². The zero-order valence-corrected chi connectivity index (χ0v) is 10.5. The highest BCUT2D eigenvalue weighted by Gasteiger charge is 2.35. The predicted octanol–water partition coefficient (Wildman–Crippen LogP) is 3.03. The molecule has 0 spiro atoms. The normalized spacial score (nSPS) is 18.3. The van der Waals surface area contributed by atoms with Gasteiger partial charge in [0.1, 0.15) is 0 Å². The van der Waals surface area contributed by atoms with Crippen LogP contribution in [0.2, 0.25) is 0 Å². The van der Waals surface area contributed by atoms with E-state index in [1.165, 1.54) is 0 Å². The number of hydrogen-bond acceptors (Lipinski definition) is 3. The van der Waals surface area contributed by atoms with Crippen LogP contribution in [0.1, 0.15) is 37.7 Å². The number of hydrogen-bond donors (Lipinski definition) is 1. The Labute approximate surface area is 109 Å². The van der Waals surface area contributed by atoms with Crippen LogP contribution in [0.5, 0.6) is 0 Å². The first-order chi connectivity index (χ1) is 9.00. The van der Waals surface area contributed by atoms with Crippen LogP contribution < -0.4 is 5.73 Å². The van der Waals surface area contributed by atoms with Gasteiger partial charge < -0.3 is 5.73 Å². The van der Waals surface area contributed by atoms with Gasteiger partial charge in [-0.15, -0.1) is 0 Å². The van der Waals surface area contributed by atoms with Gasteiger partial charge in [0, 0.05) is 18.0 Å². The van der Waals surface area contributed by atoms with Gasteiger partial charge in [-0.3, -0.25) is 10.1 Å². The molecule has 104 valence electrons. The lowest BCUT2D eigenvalue weighted by Gasteiger charge is -2.36. The van der Waals surface area contributed by atoms with Crippen molar-refractivity contribution in [3.63, 3.8) is 0 Å². The number of nitro benzene ring substituents is 1. The van der Waals surface area contributed by atoms with Crippen molar-refractivity contribution in [1.29, 1.82) is 0 Å². The van der Waals surface area contributed by atoms with Gasteiger partial charge in [0.25, 0.3) is 0 Å². The van der Waals surface area contributed by atoms with E-state index in [2.05, 4.69) is 0 Å². The fourth-order valence-corrected chi connectivity index (χ4v) is 2.85. The summed E-state index contributed by atoms with van der Waals surface area (Å²) in [5.41, 5.74) is 4.97. The fraction of sp³-hybridized carbons (Fsp3) is 0.538. The summed E-state index contributed by atoms with van der Waals surface area (Å²) in [6.45, 7) is 0.287. The molecule has 1 fully saturated rings. The molecule has 0 saturated heterocycles. The van der Waals surface area contributed by atoms with Crippen LogP contribution in [0.25, 0.3) is 0 Å². The summed E-state index contributed by atoms with van der Waals surface area (Å²) < 4.78 is 26.9. The summed E-state index contributed by atoms with van der Waals surface area (Å²) in [6, 6.07) is 2.19. The van der Waals surface area contributed by atoms with Gasteiger partial charge >= 0.3 is 5.69 Å². The van der Waals surface area contributed by atoms with Crippen LogP contribution in [0.3, 0.4) is 0 Å². The molecule has 2 N–H and O–H groups in total. The third-order valence-corrected chi connectivity index (χ3v) is 4.02. The number of nitro groups is 1. The van der Waals surface area contributed by atoms with Crippen LogP contribution in [0.15, 0.2) is 12.1 Å². The molecule has 2 rings (SSSR count). The minimum absolute atomic E-state index is 0.287. The molecular weight excluding hydrogens is 254 g/mol. The molecule has 1 saturated carbocycles. The first kappa shape index (κ1) is 13.9. The van der Waals surface area contributed by atoms with Crippen molar-refractivity contribution in [2.24, 2.45) is 5.73 Å². The van der Waals surface area contributed by atoms with Gasteiger partial charge in [-0.1, -0.05) is 19.3 Å². The Morgan fingerprint density at radius 1 is 1.26 bits per heavy atom. The van der Waals surface area contributed by atoms with Gasteiger partial charge in [-0.2, -0.15) is 4.39 Å². The summed E-state index contributed by atoms with van der Waals surface area (Å²) in [4.78, 5) is 9.88. The Morgan fingerprint density at radius 2 is 1.89 bits per heavy atom. The molecule has 1 aliphatic rings. The molecular formula is C13H16F2N2O2. The van der Waals surface area contributed by atoms with Gasteiger partial charge in [-0.25, -0.2) is 4.39 Å². The SMILES string of the molecule is NCC1(c2cc(F)c(F)c([N+](=O)[O-])c2)CCCCC1. The molecule has 1 aromatic carbocycles. The van der Waals surface area contributed by atoms with E-state index in [1.54, 1.807) is 0 Å². The number of halogens is 2. The largest absolute Gasteiger partial charge is 0.330 e. The molecule has 0 radical (unpaired) electrons. The lowest BCUT2D eigenvalue weighted by atomic mass is 9.69. The lowest BCUT2D eigenvalue weighted by Crippen LogP contribution is -2.37. The molecule has 0 bridgehead atoms. The fourth-order valence-electron chi connectivity index (χ4n) is 2.85. The first-order valence-electron chi connectivity index (χ1n) is 6.34. The second-order valence-electron chi connectivity index (χ2n) is 5.09. The maximum absolute atomic E-state index is 13.5. The number of benzene rings is 1. The molecule has 4 nitrogen and oxygen atoms in total. The maximum Gasteiger partial charge on any atom is 0.308 e. The van der Waals surface area contributed by atoms with E-state index >= 15 is 0 Å². The highest BCUT2D eigenvalue weighted by molar-refractivity contribution is 5.41. The summed E-state index contributed by atoms with van der Waals surface area (Å²) >= 11 is 0. The van der Waals surface area contributed by atoms with Crippen molar-refractivity contribution < 1.29 is 13.7 Å². The predicted molar refractivity (Wildman–Crippen MR) is 66.8 cm³/mol. The molecule has 0 heterocycles. The standard InChI is InChI=1S/C13H16F2N2O2/c14-10-6-9(7-11(12(10)15)17(18)19)13(8-16)4-2-1-3-5-13/h6-7H,1-5,8,16H2. The Bertz CT molecular complexity index is 500. The van der Waals surface area contributed by atoms with Crippen molar-refractivity contribution in [3.8, 4) is 0 Å². The Hall–Kier alpha value is -1.56. The monoisotopic (exact) mass is 270 g/mol. The zero-order chi connectivity index (χ0) is 14.0. The molecule has 1 aromatic rings. The number of nitrogens with zero attached hydrogens (tertiary/aromatic N) is 1. The summed E-state index contributed by atoms with van der Waals surface area (Å²) in [6.07, 6.45) is 4.49. The van der Waals surface area contributed by atoms with Gasteiger partial charge in [0.2, 0.25) is 5.82 Å². The van der Waals surface area contributed by atoms with E-state index in [9.17, 15) is 18.9 Å². The Morgan fingerprint density at radius 3 is 2.42 bits per heavy atom. The van der Waals surface area contributed by atoms with Crippen molar-refractivity contribution in [2.75, 3.05) is 6.54 Å². The maximum atomic E-state index is 13.5. The van der Waals surface area contributed by atoms with Crippen LogP contribution >= 0.6 is 0 Å². The lowest BCUT2D eigenvalue weighted by molar-refractivity contribution is -0.387. The third kappa shape index (κ3) is 2.45. The minimum atomic E-state index is -1.41. The molecule has 6 heteroatoms. The van der Waals surface area contributed by atoms with E-state index < -0.39 is 27.7 Å². The molecule has 0 aliphatic heterocycles. The van der Waals surface area contributed by atoms with E-state index in [0.29, 0.717) is 5.56 Å². The average Bonchev–Trinajstić information content (AvgIpc) is 2.42. The zero-order valence-electron chi connectivity index (χ0n) is 10.5. The quantitative estimate of drug-likeness (QED) is 0.678. The van der Waals surface area contributed by atoms with Crippen LogP contribution in [0, 0.1) is 21.7 Å². The van der Waals surface area contributed by atoms with Crippen LogP contribution in [-0.2, 0) is 5.41 Å². The van der Waals surface area contributed by atoms with Crippen LogP contribution in [-0.4, -0.2) is 11.5 Å². The molecule has 0 amide bonds. The summed E-state index contributed by atoms with van der Waals surface area (Å²) in [5.74, 6) is -2.58. The smallest absolute Gasteiger partial charge is 0.308 e. The van der Waals surface area contributed by atoms with E-state index in [-0.39, 0.29) is 6.54 Å². The first-order valence-corrected chi connectivity index (χ1v) is 6.34. The molecule has 19 heavy (non-hydrogen) atoms. The summed E-state index contributed by atoms with van der Waals surface area (Å²) in [5, 5.41) is 10.8. The average molecular weight is 270 g/mol. The molecule has 1 aliphatic carbocycles. The van der Waals surface area contributed by atoms with Crippen LogP contribution in [0.4, 0.5) is 14.5 Å². The Kier molecular flexibility index (Phi) is 3.80. The topological polar surface area (TPSA) is 69.2 Å². The third-order valence-electron chi connectivity index (χ3n) is 4.02. The van der Waals surface area contributed by atoms with Gasteiger partial charge in [0.05, 0.1) is 4.92 Å². The highest BCUT2D eigenvalue weighted by Crippen LogP contribution is 2.40. The van der Waals surface area contributed by atoms with Gasteiger partial charge in [-0.05, 0) is 24.5 Å². The van der Waals surface area contributed by atoms with Crippen molar-refractivity contribution >= 4 is 5.69 Å². The molecule has 0 aromatic heterocycles. The van der Waals surface area contributed by atoms with Gasteiger partial charge in [0.15, 0.2) is 5.82 Å². The highest BCUT2D eigenvalue weighted by atomic mass is 19.2. The van der Waals surface area contributed by atoms with Crippen molar-refractivity contribution in [3.05, 3.63) is 39.4 Å². The summed E-state index contributed by atoms with van der Waals surface area (Å²) in [7, 11) is 0. The van der Waals surface area contributed by atoms with Crippen molar-refractivity contribution in [1.82, 2.24) is 0 Å². The minimum Gasteiger partial charge on any atom is -0.330 e.